The number of likely N-dealkylation sites (N-methyl/N-ethyl adjacent to an activating group) is 1. The van der Waals surface area contributed by atoms with Gasteiger partial charge in [0, 0.05) is 32.2 Å². The van der Waals surface area contributed by atoms with Crippen LogP contribution in [0.3, 0.4) is 0 Å². The summed E-state index contributed by atoms with van der Waals surface area (Å²) >= 11 is 0. The first-order valence-corrected chi connectivity index (χ1v) is 6.70. The SMILES string of the molecule is CCC1CN(c2c(F)cc(CN)cc2F)CCN1C. The molecule has 0 aromatic heterocycles. The molecule has 5 heteroatoms. The molecule has 1 aliphatic rings. The van der Waals surface area contributed by atoms with Crippen LogP contribution in [0.5, 0.6) is 0 Å². The molecule has 1 aromatic rings. The van der Waals surface area contributed by atoms with Gasteiger partial charge in [-0.25, -0.2) is 8.78 Å². The molecule has 1 aromatic carbocycles. The molecule has 0 radical (unpaired) electrons. The minimum absolute atomic E-state index is 0.0868. The largest absolute Gasteiger partial charge is 0.364 e. The molecule has 2 rings (SSSR count). The van der Waals surface area contributed by atoms with E-state index in [1.165, 1.54) is 12.1 Å². The summed E-state index contributed by atoms with van der Waals surface area (Å²) < 4.78 is 28.1. The molecule has 106 valence electrons. The van der Waals surface area contributed by atoms with Gasteiger partial charge in [0.1, 0.15) is 17.3 Å². The number of benzene rings is 1. The average Bonchev–Trinajstić information content (AvgIpc) is 2.39. The summed E-state index contributed by atoms with van der Waals surface area (Å²) in [6, 6.07) is 3.00. The van der Waals surface area contributed by atoms with Gasteiger partial charge in [-0.3, -0.25) is 4.90 Å². The summed E-state index contributed by atoms with van der Waals surface area (Å²) in [5, 5.41) is 0. The number of piperazine rings is 1. The van der Waals surface area contributed by atoms with Gasteiger partial charge in [0.25, 0.3) is 0 Å². The molecule has 0 amide bonds. The van der Waals surface area contributed by atoms with Crippen molar-refractivity contribution in [2.45, 2.75) is 25.9 Å². The van der Waals surface area contributed by atoms with Crippen LogP contribution in [-0.4, -0.2) is 37.6 Å². The van der Waals surface area contributed by atoms with E-state index in [-0.39, 0.29) is 12.2 Å². The number of nitrogens with zero attached hydrogens (tertiary/aromatic N) is 2. The van der Waals surface area contributed by atoms with Crippen LogP contribution in [0.4, 0.5) is 14.5 Å². The number of anilines is 1. The van der Waals surface area contributed by atoms with Crippen LogP contribution in [0.15, 0.2) is 12.1 Å². The van der Waals surface area contributed by atoms with Gasteiger partial charge in [-0.2, -0.15) is 0 Å². The molecule has 19 heavy (non-hydrogen) atoms. The van der Waals surface area contributed by atoms with Crippen LogP contribution in [0.1, 0.15) is 18.9 Å². The molecule has 1 aliphatic heterocycles. The van der Waals surface area contributed by atoms with E-state index < -0.39 is 11.6 Å². The van der Waals surface area contributed by atoms with Crippen molar-refractivity contribution in [1.82, 2.24) is 4.90 Å². The first-order chi connectivity index (χ1) is 9.06. The highest BCUT2D eigenvalue weighted by molar-refractivity contribution is 5.51. The lowest BCUT2D eigenvalue weighted by Crippen LogP contribution is -2.51. The maximum absolute atomic E-state index is 14.1. The molecule has 0 spiro atoms. The van der Waals surface area contributed by atoms with Gasteiger partial charge >= 0.3 is 0 Å². The summed E-state index contributed by atoms with van der Waals surface area (Å²) in [5.41, 5.74) is 6.00. The van der Waals surface area contributed by atoms with Crippen LogP contribution in [-0.2, 0) is 6.54 Å². The normalized spacial score (nSPS) is 20.9. The maximum atomic E-state index is 14.1. The third-order valence-corrected chi connectivity index (χ3v) is 3.88. The fraction of sp³-hybridized carbons (Fsp3) is 0.571. The second-order valence-electron chi connectivity index (χ2n) is 5.10. The van der Waals surface area contributed by atoms with Gasteiger partial charge in [0.15, 0.2) is 0 Å². The van der Waals surface area contributed by atoms with E-state index in [9.17, 15) is 8.78 Å². The fourth-order valence-corrected chi connectivity index (χ4v) is 2.63. The predicted molar refractivity (Wildman–Crippen MR) is 73.2 cm³/mol. The van der Waals surface area contributed by atoms with Crippen molar-refractivity contribution in [3.8, 4) is 0 Å². The van der Waals surface area contributed by atoms with E-state index in [1.807, 2.05) is 0 Å². The molecule has 2 N–H and O–H groups in total. The molecule has 1 unspecified atom stereocenters. The predicted octanol–water partition coefficient (Wildman–Crippen LogP) is 1.95. The van der Waals surface area contributed by atoms with Crippen LogP contribution in [0.2, 0.25) is 0 Å². The Hall–Kier alpha value is -1.20. The smallest absolute Gasteiger partial charge is 0.149 e. The van der Waals surface area contributed by atoms with Gasteiger partial charge in [-0.1, -0.05) is 6.92 Å². The molecule has 0 aliphatic carbocycles. The zero-order chi connectivity index (χ0) is 14.0. The lowest BCUT2D eigenvalue weighted by molar-refractivity contribution is 0.212. The number of rotatable bonds is 3. The van der Waals surface area contributed by atoms with E-state index in [0.717, 1.165) is 13.0 Å². The van der Waals surface area contributed by atoms with Crippen molar-refractivity contribution < 1.29 is 8.78 Å². The second-order valence-corrected chi connectivity index (χ2v) is 5.10. The van der Waals surface area contributed by atoms with Crippen molar-refractivity contribution in [2.24, 2.45) is 5.73 Å². The summed E-state index contributed by atoms with van der Waals surface area (Å²) in [6.45, 7) is 4.35. The first-order valence-electron chi connectivity index (χ1n) is 6.70. The summed E-state index contributed by atoms with van der Waals surface area (Å²) in [4.78, 5) is 4.04. The van der Waals surface area contributed by atoms with Gasteiger partial charge in [0.05, 0.1) is 0 Å². The Morgan fingerprint density at radius 3 is 2.42 bits per heavy atom. The summed E-state index contributed by atoms with van der Waals surface area (Å²) in [6.07, 6.45) is 0.969. The molecule has 1 saturated heterocycles. The molecule has 1 fully saturated rings. The third-order valence-electron chi connectivity index (χ3n) is 3.88. The van der Waals surface area contributed by atoms with Crippen LogP contribution in [0.25, 0.3) is 0 Å². The topological polar surface area (TPSA) is 32.5 Å². The van der Waals surface area contributed by atoms with Crippen LogP contribution >= 0.6 is 0 Å². The highest BCUT2D eigenvalue weighted by Crippen LogP contribution is 2.27. The quantitative estimate of drug-likeness (QED) is 0.910. The van der Waals surface area contributed by atoms with Crippen molar-refractivity contribution >= 4 is 5.69 Å². The monoisotopic (exact) mass is 269 g/mol. The molecule has 3 nitrogen and oxygen atoms in total. The van der Waals surface area contributed by atoms with Gasteiger partial charge < -0.3 is 10.6 Å². The third kappa shape index (κ3) is 2.87. The molecule has 0 saturated carbocycles. The fourth-order valence-electron chi connectivity index (χ4n) is 2.63. The highest BCUT2D eigenvalue weighted by atomic mass is 19.1. The van der Waals surface area contributed by atoms with Crippen molar-refractivity contribution in [2.75, 3.05) is 31.6 Å². The number of halogens is 2. The number of hydrogen-bond acceptors (Lipinski definition) is 3. The molecule has 1 heterocycles. The molecular weight excluding hydrogens is 248 g/mol. The Kier molecular flexibility index (Phi) is 4.37. The van der Waals surface area contributed by atoms with Gasteiger partial charge in [0.2, 0.25) is 0 Å². The van der Waals surface area contributed by atoms with Crippen LogP contribution < -0.4 is 10.6 Å². The molecule has 0 bridgehead atoms. The van der Waals surface area contributed by atoms with Gasteiger partial charge in [-0.15, -0.1) is 0 Å². The van der Waals surface area contributed by atoms with Crippen molar-refractivity contribution in [3.63, 3.8) is 0 Å². The zero-order valence-corrected chi connectivity index (χ0v) is 11.5. The molecule has 1 atom stereocenters. The van der Waals surface area contributed by atoms with E-state index in [2.05, 4.69) is 18.9 Å². The lowest BCUT2D eigenvalue weighted by atomic mass is 10.1. The summed E-state index contributed by atoms with van der Waals surface area (Å²) in [5.74, 6) is -1.03. The Bertz CT molecular complexity index is 427. The van der Waals surface area contributed by atoms with Crippen molar-refractivity contribution in [3.05, 3.63) is 29.3 Å². The summed E-state index contributed by atoms with van der Waals surface area (Å²) in [7, 11) is 2.05. The van der Waals surface area contributed by atoms with E-state index in [1.54, 1.807) is 4.90 Å². The first kappa shape index (κ1) is 14.2. The second kappa shape index (κ2) is 5.84. The minimum atomic E-state index is -0.514. The maximum Gasteiger partial charge on any atom is 0.149 e. The Balaban J connectivity index is 2.27. The minimum Gasteiger partial charge on any atom is -0.364 e. The Labute approximate surface area is 113 Å². The molecular formula is C14H21F2N3. The van der Waals surface area contributed by atoms with Crippen molar-refractivity contribution in [1.29, 1.82) is 0 Å². The number of nitrogens with two attached hydrogens (primary N) is 1. The average molecular weight is 269 g/mol. The van der Waals surface area contributed by atoms with E-state index in [4.69, 9.17) is 5.73 Å². The van der Waals surface area contributed by atoms with E-state index >= 15 is 0 Å². The standard InChI is InChI=1S/C14H21F2N3/c1-3-11-9-19(5-4-18(11)2)14-12(15)6-10(8-17)7-13(14)16/h6-7,11H,3-5,8-9,17H2,1-2H3. The highest BCUT2D eigenvalue weighted by Gasteiger charge is 2.26. The Morgan fingerprint density at radius 1 is 1.26 bits per heavy atom. The van der Waals surface area contributed by atoms with E-state index in [0.29, 0.717) is 24.7 Å². The Morgan fingerprint density at radius 2 is 1.89 bits per heavy atom. The van der Waals surface area contributed by atoms with Crippen LogP contribution in [0, 0.1) is 11.6 Å². The lowest BCUT2D eigenvalue weighted by Gasteiger charge is -2.40. The number of hydrogen-bond donors (Lipinski definition) is 1. The van der Waals surface area contributed by atoms with Gasteiger partial charge in [-0.05, 0) is 31.2 Å². The zero-order valence-electron chi connectivity index (χ0n) is 11.5.